The number of carbonyl (C=O) groups is 3. The molecule has 0 saturated carbocycles. The molecule has 3 amide bonds. The van der Waals surface area contributed by atoms with Crippen LogP contribution in [0.4, 0.5) is 10.8 Å². The van der Waals surface area contributed by atoms with E-state index in [0.29, 0.717) is 28.7 Å². The number of hydrogen-bond acceptors (Lipinski definition) is 5. The van der Waals surface area contributed by atoms with Crippen molar-refractivity contribution < 1.29 is 14.4 Å². The molecule has 1 aliphatic heterocycles. The summed E-state index contributed by atoms with van der Waals surface area (Å²) in [4.78, 5) is 47.2. The number of hydrogen-bond donors (Lipinski definition) is 0. The standard InChI is InChI=1S/C24H20ClN3O3S/c1-14(27-22(30)17-9-2-3-10-18(17)23(27)31)21(29)28(16-8-6-7-15(25)13-16)24-26-19-11-4-5-12-20(19)32-24/h2-8,11-14,17-18H,9-10H2,1H3/t14-,17?,18?/m0/s1. The van der Waals surface area contributed by atoms with Crippen LogP contribution in [0.15, 0.2) is 60.7 Å². The number of para-hydroxylation sites is 1. The van der Waals surface area contributed by atoms with Gasteiger partial charge in [-0.25, -0.2) is 4.98 Å². The molecule has 0 spiro atoms. The molecule has 1 aromatic heterocycles. The van der Waals surface area contributed by atoms with Crippen LogP contribution >= 0.6 is 22.9 Å². The normalized spacial score (nSPS) is 21.1. The minimum atomic E-state index is -0.966. The lowest BCUT2D eigenvalue weighted by atomic mass is 9.85. The lowest BCUT2D eigenvalue weighted by Gasteiger charge is -2.28. The fourth-order valence-corrected chi connectivity index (χ4v) is 5.58. The van der Waals surface area contributed by atoms with Crippen LogP contribution in [0.2, 0.25) is 5.02 Å². The maximum atomic E-state index is 13.8. The first kappa shape index (κ1) is 20.8. The van der Waals surface area contributed by atoms with Gasteiger partial charge in [0.25, 0.3) is 5.91 Å². The van der Waals surface area contributed by atoms with Gasteiger partial charge in [0, 0.05) is 5.02 Å². The molecule has 32 heavy (non-hydrogen) atoms. The fourth-order valence-electron chi connectivity index (χ4n) is 4.41. The molecule has 1 aliphatic carbocycles. The topological polar surface area (TPSA) is 70.6 Å². The average molecular weight is 466 g/mol. The van der Waals surface area contributed by atoms with E-state index in [2.05, 4.69) is 4.98 Å². The van der Waals surface area contributed by atoms with Gasteiger partial charge < -0.3 is 0 Å². The summed E-state index contributed by atoms with van der Waals surface area (Å²) in [6.45, 7) is 1.60. The molecule has 3 atom stereocenters. The molecule has 3 aromatic rings. The molecular formula is C24H20ClN3O3S. The monoisotopic (exact) mass is 465 g/mol. The number of benzene rings is 2. The molecule has 2 aliphatic rings. The number of anilines is 2. The summed E-state index contributed by atoms with van der Waals surface area (Å²) in [5, 5.41) is 0.933. The second-order valence-electron chi connectivity index (χ2n) is 8.00. The van der Waals surface area contributed by atoms with Crippen LogP contribution in [0.3, 0.4) is 0 Å². The van der Waals surface area contributed by atoms with Gasteiger partial charge in [-0.3, -0.25) is 24.2 Å². The van der Waals surface area contributed by atoms with Gasteiger partial charge in [0.05, 0.1) is 27.7 Å². The number of halogens is 1. The summed E-state index contributed by atoms with van der Waals surface area (Å²) in [6.07, 6.45) is 4.93. The molecule has 162 valence electrons. The Morgan fingerprint density at radius 3 is 2.44 bits per heavy atom. The van der Waals surface area contributed by atoms with Crippen molar-refractivity contribution >= 4 is 61.7 Å². The zero-order chi connectivity index (χ0) is 22.4. The number of nitrogens with zero attached hydrogens (tertiary/aromatic N) is 3. The Bertz CT molecular complexity index is 1210. The predicted octanol–water partition coefficient (Wildman–Crippen LogP) is 4.95. The average Bonchev–Trinajstić information content (AvgIpc) is 3.32. The maximum absolute atomic E-state index is 13.8. The predicted molar refractivity (Wildman–Crippen MR) is 125 cm³/mol. The van der Waals surface area contributed by atoms with Crippen molar-refractivity contribution in [2.45, 2.75) is 25.8 Å². The molecule has 0 radical (unpaired) electrons. The van der Waals surface area contributed by atoms with Crippen molar-refractivity contribution in [3.05, 3.63) is 65.7 Å². The summed E-state index contributed by atoms with van der Waals surface area (Å²) in [5.41, 5.74) is 1.30. The van der Waals surface area contributed by atoms with Gasteiger partial charge >= 0.3 is 0 Å². The summed E-state index contributed by atoms with van der Waals surface area (Å²) in [7, 11) is 0. The van der Waals surface area contributed by atoms with E-state index in [1.807, 2.05) is 36.4 Å². The number of amides is 3. The Morgan fingerprint density at radius 1 is 1.09 bits per heavy atom. The lowest BCUT2D eigenvalue weighted by molar-refractivity contribution is -0.146. The number of carbonyl (C=O) groups excluding carboxylic acids is 3. The number of fused-ring (bicyclic) bond motifs is 2. The van der Waals surface area contributed by atoms with E-state index in [-0.39, 0.29) is 23.7 Å². The number of aromatic nitrogens is 1. The number of imide groups is 1. The van der Waals surface area contributed by atoms with Crippen molar-refractivity contribution in [1.82, 2.24) is 9.88 Å². The van der Waals surface area contributed by atoms with Crippen molar-refractivity contribution in [2.24, 2.45) is 11.8 Å². The second-order valence-corrected chi connectivity index (χ2v) is 9.44. The van der Waals surface area contributed by atoms with E-state index in [1.165, 1.54) is 16.2 Å². The van der Waals surface area contributed by atoms with Gasteiger partial charge in [-0.15, -0.1) is 0 Å². The third-order valence-corrected chi connectivity index (χ3v) is 7.30. The summed E-state index contributed by atoms with van der Waals surface area (Å²) in [6, 6.07) is 13.6. The lowest BCUT2D eigenvalue weighted by Crippen LogP contribution is -2.48. The summed E-state index contributed by atoms with van der Waals surface area (Å²) < 4.78 is 0.931. The first-order valence-corrected chi connectivity index (χ1v) is 11.6. The van der Waals surface area contributed by atoms with Crippen LogP contribution in [0.1, 0.15) is 19.8 Å². The van der Waals surface area contributed by atoms with Crippen LogP contribution in [0.5, 0.6) is 0 Å². The van der Waals surface area contributed by atoms with Crippen LogP contribution in [-0.2, 0) is 14.4 Å². The largest absolute Gasteiger partial charge is 0.274 e. The van der Waals surface area contributed by atoms with Gasteiger partial charge in [0.2, 0.25) is 11.8 Å². The highest BCUT2D eigenvalue weighted by Crippen LogP contribution is 2.39. The minimum Gasteiger partial charge on any atom is -0.274 e. The Hall–Kier alpha value is -3.03. The molecule has 5 rings (SSSR count). The highest BCUT2D eigenvalue weighted by atomic mass is 35.5. The van der Waals surface area contributed by atoms with Gasteiger partial charge in [-0.1, -0.05) is 53.3 Å². The molecule has 2 unspecified atom stereocenters. The summed E-state index contributed by atoms with van der Waals surface area (Å²) >= 11 is 7.58. The van der Waals surface area contributed by atoms with E-state index >= 15 is 0 Å². The Kier molecular flexibility index (Phi) is 5.31. The third kappa shape index (κ3) is 3.42. The van der Waals surface area contributed by atoms with Crippen LogP contribution < -0.4 is 4.90 Å². The molecule has 0 bridgehead atoms. The molecule has 2 aromatic carbocycles. The Morgan fingerprint density at radius 2 is 1.78 bits per heavy atom. The maximum Gasteiger partial charge on any atom is 0.256 e. The van der Waals surface area contributed by atoms with Crippen LogP contribution in [-0.4, -0.2) is 33.6 Å². The van der Waals surface area contributed by atoms with E-state index < -0.39 is 11.9 Å². The molecule has 0 N–H and O–H groups in total. The first-order valence-electron chi connectivity index (χ1n) is 10.4. The number of allylic oxidation sites excluding steroid dienone is 2. The van der Waals surface area contributed by atoms with Crippen molar-refractivity contribution in [2.75, 3.05) is 4.90 Å². The number of likely N-dealkylation sites (tertiary alicyclic amines) is 1. The van der Waals surface area contributed by atoms with Crippen LogP contribution in [0, 0.1) is 11.8 Å². The molecule has 1 saturated heterocycles. The van der Waals surface area contributed by atoms with Gasteiger partial charge in [-0.05, 0) is 50.1 Å². The molecule has 8 heteroatoms. The molecule has 6 nitrogen and oxygen atoms in total. The Labute approximate surface area is 194 Å². The SMILES string of the molecule is C[C@@H](C(=O)N(c1cccc(Cl)c1)c1nc2ccccc2s1)N1C(=O)C2CC=CCC2C1=O. The fraction of sp³-hybridized carbons (Fsp3) is 0.250. The zero-order valence-electron chi connectivity index (χ0n) is 17.3. The highest BCUT2D eigenvalue weighted by Gasteiger charge is 2.50. The van der Waals surface area contributed by atoms with E-state index in [1.54, 1.807) is 31.2 Å². The summed E-state index contributed by atoms with van der Waals surface area (Å²) in [5.74, 6) is -1.73. The van der Waals surface area contributed by atoms with Crippen molar-refractivity contribution in [3.8, 4) is 0 Å². The molecule has 2 heterocycles. The van der Waals surface area contributed by atoms with E-state index in [9.17, 15) is 14.4 Å². The van der Waals surface area contributed by atoms with Crippen molar-refractivity contribution in [1.29, 1.82) is 0 Å². The van der Waals surface area contributed by atoms with Gasteiger partial charge in [0.1, 0.15) is 6.04 Å². The number of rotatable bonds is 4. The second kappa shape index (κ2) is 8.15. The Balaban J connectivity index is 1.54. The minimum absolute atomic E-state index is 0.277. The number of thiazole rings is 1. The van der Waals surface area contributed by atoms with Crippen LogP contribution in [0.25, 0.3) is 10.2 Å². The molecular weight excluding hydrogens is 446 g/mol. The third-order valence-electron chi connectivity index (χ3n) is 6.05. The smallest absolute Gasteiger partial charge is 0.256 e. The van der Waals surface area contributed by atoms with Crippen molar-refractivity contribution in [3.63, 3.8) is 0 Å². The van der Waals surface area contributed by atoms with Gasteiger partial charge in [0.15, 0.2) is 5.13 Å². The highest BCUT2D eigenvalue weighted by molar-refractivity contribution is 7.22. The molecule has 1 fully saturated rings. The van der Waals surface area contributed by atoms with Gasteiger partial charge in [-0.2, -0.15) is 0 Å². The van der Waals surface area contributed by atoms with E-state index in [4.69, 9.17) is 11.6 Å². The quantitative estimate of drug-likeness (QED) is 0.403. The first-order chi connectivity index (χ1) is 15.5. The van der Waals surface area contributed by atoms with E-state index in [0.717, 1.165) is 15.1 Å². The zero-order valence-corrected chi connectivity index (χ0v) is 18.8.